The van der Waals surface area contributed by atoms with Gasteiger partial charge >= 0.3 is 0 Å². The Balaban J connectivity index is 1.60. The Kier molecular flexibility index (Phi) is 6.27. The van der Waals surface area contributed by atoms with E-state index in [0.29, 0.717) is 30.3 Å². The zero-order valence-electron chi connectivity index (χ0n) is 15.9. The Morgan fingerprint density at radius 2 is 1.65 bits per heavy atom. The molecule has 3 rings (SSSR count). The average Bonchev–Trinajstić information content (AvgIpc) is 3.19. The van der Waals surface area contributed by atoms with Gasteiger partial charge in [-0.05, 0) is 44.5 Å². The van der Waals surface area contributed by atoms with E-state index in [4.69, 9.17) is 0 Å². The summed E-state index contributed by atoms with van der Waals surface area (Å²) >= 11 is 0. The van der Waals surface area contributed by atoms with Crippen molar-refractivity contribution in [1.29, 1.82) is 0 Å². The monoisotopic (exact) mass is 358 g/mol. The standard InChI is InChI=1S/C20H30N4O2/c1-3-22(4-2)19(25)16-5-7-17(8-6-16)20(26)24-12-9-18(15-24)23-13-10-21-11-14-23/h5-8,18,21H,3-4,9-15H2,1-2H3. The summed E-state index contributed by atoms with van der Waals surface area (Å²) < 4.78 is 0. The number of carbonyl (C=O) groups excluding carboxylic acids is 2. The Morgan fingerprint density at radius 3 is 2.27 bits per heavy atom. The smallest absolute Gasteiger partial charge is 0.253 e. The number of nitrogens with one attached hydrogen (secondary N) is 1. The third kappa shape index (κ3) is 4.07. The van der Waals surface area contributed by atoms with E-state index in [-0.39, 0.29) is 11.8 Å². The van der Waals surface area contributed by atoms with E-state index in [1.54, 1.807) is 29.2 Å². The van der Waals surface area contributed by atoms with Crippen LogP contribution in [0, 0.1) is 0 Å². The third-order valence-corrected chi connectivity index (χ3v) is 5.55. The molecule has 1 aromatic rings. The zero-order valence-corrected chi connectivity index (χ0v) is 15.9. The van der Waals surface area contributed by atoms with Crippen LogP contribution in [0.1, 0.15) is 41.0 Å². The van der Waals surface area contributed by atoms with E-state index in [1.165, 1.54) is 0 Å². The number of benzene rings is 1. The molecule has 0 spiro atoms. The van der Waals surface area contributed by atoms with Gasteiger partial charge in [-0.15, -0.1) is 0 Å². The number of amides is 2. The molecule has 1 aromatic carbocycles. The van der Waals surface area contributed by atoms with Crippen LogP contribution in [0.15, 0.2) is 24.3 Å². The summed E-state index contributed by atoms with van der Waals surface area (Å²) in [6, 6.07) is 7.61. The molecule has 2 fully saturated rings. The van der Waals surface area contributed by atoms with Gasteiger partial charge < -0.3 is 15.1 Å². The van der Waals surface area contributed by atoms with Crippen LogP contribution in [-0.4, -0.2) is 84.9 Å². The van der Waals surface area contributed by atoms with Crippen LogP contribution in [-0.2, 0) is 0 Å². The summed E-state index contributed by atoms with van der Waals surface area (Å²) in [4.78, 5) is 31.4. The molecular formula is C20H30N4O2. The fourth-order valence-electron chi connectivity index (χ4n) is 3.90. The molecule has 1 atom stereocenters. The van der Waals surface area contributed by atoms with Crippen LogP contribution < -0.4 is 5.32 Å². The first-order chi connectivity index (χ1) is 12.6. The lowest BCUT2D eigenvalue weighted by Crippen LogP contribution is -2.49. The van der Waals surface area contributed by atoms with Gasteiger partial charge in [0.15, 0.2) is 0 Å². The normalized spacial score (nSPS) is 21.0. The molecule has 2 heterocycles. The van der Waals surface area contributed by atoms with Gasteiger partial charge in [0.05, 0.1) is 0 Å². The summed E-state index contributed by atoms with van der Waals surface area (Å²) in [5, 5.41) is 3.38. The van der Waals surface area contributed by atoms with Crippen molar-refractivity contribution in [3.05, 3.63) is 35.4 Å². The van der Waals surface area contributed by atoms with Gasteiger partial charge in [-0.1, -0.05) is 0 Å². The van der Waals surface area contributed by atoms with Crippen molar-refractivity contribution in [2.45, 2.75) is 26.3 Å². The molecule has 2 aliphatic rings. The summed E-state index contributed by atoms with van der Waals surface area (Å²) in [6.07, 6.45) is 1.05. The zero-order chi connectivity index (χ0) is 18.5. The lowest BCUT2D eigenvalue weighted by molar-refractivity contribution is 0.0761. The fraction of sp³-hybridized carbons (Fsp3) is 0.600. The highest BCUT2D eigenvalue weighted by atomic mass is 16.2. The van der Waals surface area contributed by atoms with Crippen LogP contribution in [0.4, 0.5) is 0 Å². The number of hydrogen-bond acceptors (Lipinski definition) is 4. The molecule has 2 aliphatic heterocycles. The van der Waals surface area contributed by atoms with E-state index in [9.17, 15) is 9.59 Å². The molecule has 2 amide bonds. The fourth-order valence-corrected chi connectivity index (χ4v) is 3.90. The van der Waals surface area contributed by atoms with Crippen molar-refractivity contribution in [3.63, 3.8) is 0 Å². The molecule has 6 nitrogen and oxygen atoms in total. The largest absolute Gasteiger partial charge is 0.339 e. The first-order valence-corrected chi connectivity index (χ1v) is 9.77. The Bertz CT molecular complexity index is 621. The molecule has 1 unspecified atom stereocenters. The number of piperazine rings is 1. The van der Waals surface area contributed by atoms with Gasteiger partial charge in [0.1, 0.15) is 0 Å². The van der Waals surface area contributed by atoms with Crippen LogP contribution >= 0.6 is 0 Å². The number of carbonyl (C=O) groups is 2. The molecule has 0 aromatic heterocycles. The number of hydrogen-bond donors (Lipinski definition) is 1. The van der Waals surface area contributed by atoms with Crippen molar-refractivity contribution in [1.82, 2.24) is 20.0 Å². The molecule has 0 aliphatic carbocycles. The van der Waals surface area contributed by atoms with Crippen molar-refractivity contribution in [2.75, 3.05) is 52.4 Å². The minimum atomic E-state index is 0.0222. The molecule has 0 saturated carbocycles. The summed E-state index contributed by atoms with van der Waals surface area (Å²) in [5.74, 6) is 0.0958. The maximum absolute atomic E-state index is 12.8. The summed E-state index contributed by atoms with van der Waals surface area (Å²) in [7, 11) is 0. The van der Waals surface area contributed by atoms with Crippen LogP contribution in [0.3, 0.4) is 0 Å². The number of likely N-dealkylation sites (tertiary alicyclic amines) is 1. The second kappa shape index (κ2) is 8.64. The van der Waals surface area contributed by atoms with Crippen molar-refractivity contribution in [2.24, 2.45) is 0 Å². The number of nitrogens with zero attached hydrogens (tertiary/aromatic N) is 3. The average molecular weight is 358 g/mol. The first-order valence-electron chi connectivity index (χ1n) is 9.77. The maximum atomic E-state index is 12.8. The predicted octanol–water partition coefficient (Wildman–Crippen LogP) is 1.29. The van der Waals surface area contributed by atoms with Crippen LogP contribution in [0.2, 0.25) is 0 Å². The van der Waals surface area contributed by atoms with Crippen molar-refractivity contribution >= 4 is 11.8 Å². The molecule has 142 valence electrons. The van der Waals surface area contributed by atoms with Gasteiger partial charge in [0, 0.05) is 69.5 Å². The van der Waals surface area contributed by atoms with Gasteiger partial charge in [-0.2, -0.15) is 0 Å². The lowest BCUT2D eigenvalue weighted by atomic mass is 10.1. The predicted molar refractivity (Wildman–Crippen MR) is 102 cm³/mol. The molecule has 26 heavy (non-hydrogen) atoms. The highest BCUT2D eigenvalue weighted by Gasteiger charge is 2.31. The van der Waals surface area contributed by atoms with Crippen molar-refractivity contribution in [3.8, 4) is 0 Å². The molecular weight excluding hydrogens is 328 g/mol. The van der Waals surface area contributed by atoms with E-state index in [0.717, 1.165) is 45.7 Å². The van der Waals surface area contributed by atoms with Gasteiger partial charge in [-0.25, -0.2) is 0 Å². The highest BCUT2D eigenvalue weighted by molar-refractivity contribution is 5.98. The van der Waals surface area contributed by atoms with E-state index in [1.807, 2.05) is 18.7 Å². The quantitative estimate of drug-likeness (QED) is 0.862. The molecule has 0 radical (unpaired) electrons. The second-order valence-electron chi connectivity index (χ2n) is 7.03. The van der Waals surface area contributed by atoms with E-state index >= 15 is 0 Å². The Morgan fingerprint density at radius 1 is 1.04 bits per heavy atom. The minimum Gasteiger partial charge on any atom is -0.339 e. The second-order valence-corrected chi connectivity index (χ2v) is 7.03. The Labute approximate surface area is 156 Å². The van der Waals surface area contributed by atoms with Crippen molar-refractivity contribution < 1.29 is 9.59 Å². The van der Waals surface area contributed by atoms with Gasteiger partial charge in [-0.3, -0.25) is 14.5 Å². The Hall–Kier alpha value is -1.92. The summed E-state index contributed by atoms with van der Waals surface area (Å²) in [6.45, 7) is 11.1. The van der Waals surface area contributed by atoms with E-state index in [2.05, 4.69) is 10.2 Å². The first kappa shape index (κ1) is 18.9. The topological polar surface area (TPSA) is 55.9 Å². The SMILES string of the molecule is CCN(CC)C(=O)c1ccc(C(=O)N2CCC(N3CCNCC3)C2)cc1. The minimum absolute atomic E-state index is 0.0222. The number of rotatable bonds is 5. The molecule has 6 heteroatoms. The van der Waals surface area contributed by atoms with Gasteiger partial charge in [0.2, 0.25) is 0 Å². The lowest BCUT2D eigenvalue weighted by Gasteiger charge is -2.32. The highest BCUT2D eigenvalue weighted by Crippen LogP contribution is 2.19. The molecule has 2 saturated heterocycles. The summed E-state index contributed by atoms with van der Waals surface area (Å²) in [5.41, 5.74) is 1.31. The molecule has 1 N–H and O–H groups in total. The molecule has 0 bridgehead atoms. The van der Waals surface area contributed by atoms with E-state index < -0.39 is 0 Å². The third-order valence-electron chi connectivity index (χ3n) is 5.55. The van der Waals surface area contributed by atoms with Crippen LogP contribution in [0.25, 0.3) is 0 Å². The van der Waals surface area contributed by atoms with Gasteiger partial charge in [0.25, 0.3) is 11.8 Å². The van der Waals surface area contributed by atoms with Crippen LogP contribution in [0.5, 0.6) is 0 Å². The maximum Gasteiger partial charge on any atom is 0.253 e.